The summed E-state index contributed by atoms with van der Waals surface area (Å²) in [5, 5.41) is 6.40. The Balaban J connectivity index is 2.32. The standard InChI is InChI=1S/C11H10Cl3N3O2/c1-2-19-11(18)8-4-9(14)16-17(8)10-7(13)3-6(12)5-15-10/h3,5,8H,2,4H2,1H3. The van der Waals surface area contributed by atoms with Crippen LogP contribution in [0.1, 0.15) is 13.3 Å². The molecule has 1 aromatic rings. The molecule has 1 aliphatic rings. The summed E-state index contributed by atoms with van der Waals surface area (Å²) in [5.41, 5.74) is 0. The molecule has 1 unspecified atom stereocenters. The number of rotatable bonds is 3. The lowest BCUT2D eigenvalue weighted by Gasteiger charge is -2.21. The van der Waals surface area contributed by atoms with E-state index in [1.807, 2.05) is 0 Å². The number of aromatic nitrogens is 1. The molecule has 0 saturated heterocycles. The summed E-state index contributed by atoms with van der Waals surface area (Å²) >= 11 is 17.7. The van der Waals surface area contributed by atoms with Gasteiger partial charge >= 0.3 is 5.97 Å². The van der Waals surface area contributed by atoms with Gasteiger partial charge in [-0.3, -0.25) is 0 Å². The van der Waals surface area contributed by atoms with Crippen LogP contribution in [0.5, 0.6) is 0 Å². The predicted octanol–water partition coefficient (Wildman–Crippen LogP) is 3.08. The predicted molar refractivity (Wildman–Crippen MR) is 75.1 cm³/mol. The van der Waals surface area contributed by atoms with Crippen LogP contribution in [0.3, 0.4) is 0 Å². The van der Waals surface area contributed by atoms with E-state index in [1.54, 1.807) is 6.92 Å². The molecule has 5 nitrogen and oxygen atoms in total. The molecule has 0 N–H and O–H groups in total. The molecule has 0 bridgehead atoms. The summed E-state index contributed by atoms with van der Waals surface area (Å²) in [6.45, 7) is 2.01. The second kappa shape index (κ2) is 5.94. The summed E-state index contributed by atoms with van der Waals surface area (Å²) in [6.07, 6.45) is 1.69. The Kier molecular flexibility index (Phi) is 4.50. The number of pyridine rings is 1. The number of carbonyl (C=O) groups is 1. The van der Waals surface area contributed by atoms with Crippen LogP contribution in [0, 0.1) is 0 Å². The lowest BCUT2D eigenvalue weighted by atomic mass is 10.2. The Bertz CT molecular complexity index is 536. The molecule has 0 fully saturated rings. The number of esters is 1. The van der Waals surface area contributed by atoms with E-state index in [0.717, 1.165) is 0 Å². The molecule has 2 heterocycles. The first kappa shape index (κ1) is 14.4. The Labute approximate surface area is 125 Å². The third kappa shape index (κ3) is 3.11. The van der Waals surface area contributed by atoms with Crippen LogP contribution >= 0.6 is 34.8 Å². The van der Waals surface area contributed by atoms with Gasteiger partial charge in [-0.1, -0.05) is 34.8 Å². The first-order valence-electron chi connectivity index (χ1n) is 5.52. The maximum atomic E-state index is 11.9. The van der Waals surface area contributed by atoms with Crippen LogP contribution in [0.2, 0.25) is 10.0 Å². The number of halogens is 3. The van der Waals surface area contributed by atoms with Crippen molar-refractivity contribution in [3.05, 3.63) is 22.3 Å². The molecular weight excluding hydrogens is 312 g/mol. The van der Waals surface area contributed by atoms with E-state index in [9.17, 15) is 4.79 Å². The lowest BCUT2D eigenvalue weighted by Crippen LogP contribution is -2.36. The zero-order valence-corrected chi connectivity index (χ0v) is 12.2. The zero-order valence-electron chi connectivity index (χ0n) is 9.94. The molecule has 1 atom stereocenters. The van der Waals surface area contributed by atoms with Crippen LogP contribution in [-0.4, -0.2) is 28.8 Å². The molecule has 0 amide bonds. The van der Waals surface area contributed by atoms with Crippen molar-refractivity contribution in [2.75, 3.05) is 11.6 Å². The smallest absolute Gasteiger partial charge is 0.331 e. The van der Waals surface area contributed by atoms with Gasteiger partial charge in [-0.05, 0) is 13.0 Å². The Morgan fingerprint density at radius 1 is 1.53 bits per heavy atom. The fourth-order valence-electron chi connectivity index (χ4n) is 1.67. The van der Waals surface area contributed by atoms with E-state index in [1.165, 1.54) is 17.3 Å². The second-order valence-corrected chi connectivity index (χ2v) is 5.03. The van der Waals surface area contributed by atoms with Gasteiger partial charge in [0, 0.05) is 12.6 Å². The third-order valence-electron chi connectivity index (χ3n) is 2.44. The molecular formula is C11H10Cl3N3O2. The first-order chi connectivity index (χ1) is 9.02. The number of anilines is 1. The van der Waals surface area contributed by atoms with Gasteiger partial charge in [-0.15, -0.1) is 0 Å². The van der Waals surface area contributed by atoms with Crippen molar-refractivity contribution in [2.24, 2.45) is 5.10 Å². The Hall–Kier alpha value is -1.04. The molecule has 0 saturated carbocycles. The number of nitrogens with zero attached hydrogens (tertiary/aromatic N) is 3. The molecule has 19 heavy (non-hydrogen) atoms. The van der Waals surface area contributed by atoms with E-state index in [0.29, 0.717) is 16.0 Å². The van der Waals surface area contributed by atoms with Gasteiger partial charge in [0.25, 0.3) is 0 Å². The minimum atomic E-state index is -0.654. The van der Waals surface area contributed by atoms with Crippen LogP contribution in [-0.2, 0) is 9.53 Å². The van der Waals surface area contributed by atoms with E-state index in [-0.39, 0.29) is 18.1 Å². The van der Waals surface area contributed by atoms with Crippen molar-refractivity contribution in [1.29, 1.82) is 0 Å². The molecule has 8 heteroatoms. The first-order valence-corrected chi connectivity index (χ1v) is 6.66. The molecule has 1 aromatic heterocycles. The normalized spacial score (nSPS) is 18.4. The van der Waals surface area contributed by atoms with E-state index in [4.69, 9.17) is 39.5 Å². The van der Waals surface area contributed by atoms with Crippen LogP contribution in [0.4, 0.5) is 5.82 Å². The highest BCUT2D eigenvalue weighted by Gasteiger charge is 2.35. The topological polar surface area (TPSA) is 54.8 Å². The van der Waals surface area contributed by atoms with Gasteiger partial charge in [0.1, 0.15) is 5.17 Å². The minimum Gasteiger partial charge on any atom is -0.464 e. The molecule has 0 spiro atoms. The number of hydrazone groups is 1. The van der Waals surface area contributed by atoms with E-state index in [2.05, 4.69) is 10.1 Å². The number of ether oxygens (including phenoxy) is 1. The quantitative estimate of drug-likeness (QED) is 0.803. The van der Waals surface area contributed by atoms with Gasteiger partial charge < -0.3 is 4.74 Å². The zero-order chi connectivity index (χ0) is 14.0. The highest BCUT2D eigenvalue weighted by Crippen LogP contribution is 2.32. The van der Waals surface area contributed by atoms with Gasteiger partial charge in [-0.25, -0.2) is 14.8 Å². The number of carbonyl (C=O) groups excluding carboxylic acids is 1. The van der Waals surface area contributed by atoms with Gasteiger partial charge in [-0.2, -0.15) is 5.10 Å². The largest absolute Gasteiger partial charge is 0.464 e. The maximum Gasteiger partial charge on any atom is 0.331 e. The van der Waals surface area contributed by atoms with E-state index < -0.39 is 12.0 Å². The average Bonchev–Trinajstić information content (AvgIpc) is 2.71. The maximum absolute atomic E-state index is 11.9. The van der Waals surface area contributed by atoms with Crippen LogP contribution in [0.25, 0.3) is 0 Å². The van der Waals surface area contributed by atoms with Gasteiger partial charge in [0.15, 0.2) is 11.9 Å². The Morgan fingerprint density at radius 2 is 2.26 bits per heavy atom. The highest BCUT2D eigenvalue weighted by atomic mass is 35.5. The Morgan fingerprint density at radius 3 is 2.89 bits per heavy atom. The summed E-state index contributed by atoms with van der Waals surface area (Å²) < 4.78 is 4.98. The SMILES string of the molecule is CCOC(=O)C1CC(Cl)=NN1c1ncc(Cl)cc1Cl. The molecule has 0 aliphatic carbocycles. The van der Waals surface area contributed by atoms with Gasteiger partial charge in [0.05, 0.1) is 16.7 Å². The monoisotopic (exact) mass is 321 g/mol. The van der Waals surface area contributed by atoms with E-state index >= 15 is 0 Å². The van der Waals surface area contributed by atoms with Crippen molar-refractivity contribution in [3.8, 4) is 0 Å². The van der Waals surface area contributed by atoms with Crippen molar-refractivity contribution in [2.45, 2.75) is 19.4 Å². The fourth-order valence-corrected chi connectivity index (χ4v) is 2.36. The minimum absolute atomic E-state index is 0.265. The average molecular weight is 323 g/mol. The number of hydrogen-bond donors (Lipinski definition) is 0. The van der Waals surface area contributed by atoms with Crippen molar-refractivity contribution >= 4 is 51.8 Å². The van der Waals surface area contributed by atoms with Crippen molar-refractivity contribution in [3.63, 3.8) is 0 Å². The second-order valence-electron chi connectivity index (χ2n) is 3.75. The summed E-state index contributed by atoms with van der Waals surface area (Å²) in [7, 11) is 0. The molecule has 1 aliphatic heterocycles. The molecule has 0 aromatic carbocycles. The van der Waals surface area contributed by atoms with Crippen LogP contribution < -0.4 is 5.01 Å². The van der Waals surface area contributed by atoms with Gasteiger partial charge in [0.2, 0.25) is 0 Å². The summed E-state index contributed by atoms with van der Waals surface area (Å²) in [5.74, 6) is -0.102. The van der Waals surface area contributed by atoms with Crippen molar-refractivity contribution < 1.29 is 9.53 Å². The molecule has 2 rings (SSSR count). The van der Waals surface area contributed by atoms with Crippen molar-refractivity contribution in [1.82, 2.24) is 4.98 Å². The molecule has 0 radical (unpaired) electrons. The van der Waals surface area contributed by atoms with Crippen LogP contribution in [0.15, 0.2) is 17.4 Å². The lowest BCUT2D eigenvalue weighted by molar-refractivity contribution is -0.144. The fraction of sp³-hybridized carbons (Fsp3) is 0.364. The molecule has 102 valence electrons. The summed E-state index contributed by atoms with van der Waals surface area (Å²) in [6, 6.07) is 0.869. The highest BCUT2D eigenvalue weighted by molar-refractivity contribution is 6.66. The number of hydrogen-bond acceptors (Lipinski definition) is 5. The summed E-state index contributed by atoms with van der Waals surface area (Å²) in [4.78, 5) is 15.9. The third-order valence-corrected chi connectivity index (χ3v) is 3.15.